The van der Waals surface area contributed by atoms with Crippen LogP contribution in [-0.4, -0.2) is 35.8 Å². The molecule has 26 heavy (non-hydrogen) atoms. The minimum atomic E-state index is -4.87. The van der Waals surface area contributed by atoms with Crippen LogP contribution in [-0.2, 0) is 9.47 Å². The average molecular weight is 370 g/mol. The predicted octanol–water partition coefficient (Wildman–Crippen LogP) is 3.93. The molecule has 0 spiro atoms. The predicted molar refractivity (Wildman–Crippen MR) is 84.5 cm³/mol. The van der Waals surface area contributed by atoms with Gasteiger partial charge in [0.15, 0.2) is 6.23 Å². The van der Waals surface area contributed by atoms with Gasteiger partial charge < -0.3 is 14.2 Å². The lowest BCUT2D eigenvalue weighted by molar-refractivity contribution is -0.274. The van der Waals surface area contributed by atoms with Gasteiger partial charge in [-0.1, -0.05) is 0 Å². The first kappa shape index (κ1) is 18.2. The third-order valence-electron chi connectivity index (χ3n) is 4.00. The smallest absolute Gasteiger partial charge is 0.465 e. The number of esters is 1. The van der Waals surface area contributed by atoms with E-state index >= 15 is 0 Å². The van der Waals surface area contributed by atoms with E-state index < -0.39 is 18.1 Å². The van der Waals surface area contributed by atoms with E-state index in [2.05, 4.69) is 14.6 Å². The summed E-state index contributed by atoms with van der Waals surface area (Å²) in [6.07, 6.45) is -1.23. The Morgan fingerprint density at radius 3 is 2.77 bits per heavy atom. The Bertz CT molecular complexity index is 783. The van der Waals surface area contributed by atoms with E-state index in [-0.39, 0.29) is 17.4 Å². The van der Waals surface area contributed by atoms with E-state index in [1.54, 1.807) is 6.07 Å². The van der Waals surface area contributed by atoms with Crippen LogP contribution >= 0.6 is 0 Å². The number of carbonyl (C=O) groups excluding carboxylic acids is 1. The van der Waals surface area contributed by atoms with Crippen LogP contribution in [0.5, 0.6) is 5.75 Å². The van der Waals surface area contributed by atoms with Crippen molar-refractivity contribution in [2.45, 2.75) is 31.9 Å². The Morgan fingerprint density at radius 1 is 1.31 bits per heavy atom. The standard InChI is InChI=1S/C17H17F3N2O4/c1-24-16(23)11-5-6-14(26-17(18,19)20)12(10-11)13-7-8-21-22(13)15-4-2-3-9-25-15/h5-8,10,15H,2-4,9H2,1H3. The Kier molecular flexibility index (Phi) is 5.17. The van der Waals surface area contributed by atoms with Crippen molar-refractivity contribution < 1.29 is 32.2 Å². The topological polar surface area (TPSA) is 62.6 Å². The van der Waals surface area contributed by atoms with E-state index in [1.807, 2.05) is 0 Å². The van der Waals surface area contributed by atoms with Crippen LogP contribution < -0.4 is 4.74 Å². The Morgan fingerprint density at radius 2 is 2.12 bits per heavy atom. The molecule has 2 aromatic rings. The van der Waals surface area contributed by atoms with Crippen LogP contribution in [0.25, 0.3) is 11.3 Å². The van der Waals surface area contributed by atoms with Crippen molar-refractivity contribution in [2.24, 2.45) is 0 Å². The van der Waals surface area contributed by atoms with E-state index in [0.717, 1.165) is 18.9 Å². The van der Waals surface area contributed by atoms with Crippen LogP contribution in [0.2, 0.25) is 0 Å². The van der Waals surface area contributed by atoms with Crippen LogP contribution in [0.3, 0.4) is 0 Å². The maximum Gasteiger partial charge on any atom is 0.573 e. The number of hydrogen-bond donors (Lipinski definition) is 0. The van der Waals surface area contributed by atoms with Gasteiger partial charge in [0.25, 0.3) is 0 Å². The minimum Gasteiger partial charge on any atom is -0.465 e. The lowest BCUT2D eigenvalue weighted by Crippen LogP contribution is -2.21. The van der Waals surface area contributed by atoms with Crippen LogP contribution in [0.15, 0.2) is 30.5 Å². The molecule has 0 amide bonds. The molecule has 1 unspecified atom stereocenters. The maximum absolute atomic E-state index is 12.8. The molecule has 0 N–H and O–H groups in total. The molecular weight excluding hydrogens is 353 g/mol. The molecule has 0 saturated carbocycles. The normalized spacial score (nSPS) is 17.8. The monoisotopic (exact) mass is 370 g/mol. The fraction of sp³-hybridized carbons (Fsp3) is 0.412. The van der Waals surface area contributed by atoms with E-state index in [1.165, 1.54) is 30.1 Å². The van der Waals surface area contributed by atoms with Gasteiger partial charge in [-0.3, -0.25) is 0 Å². The number of alkyl halides is 3. The molecule has 0 radical (unpaired) electrons. The minimum absolute atomic E-state index is 0.0805. The maximum atomic E-state index is 12.8. The second-order valence-corrected chi connectivity index (χ2v) is 5.73. The number of hydrogen-bond acceptors (Lipinski definition) is 5. The molecule has 1 aromatic carbocycles. The van der Waals surface area contributed by atoms with Gasteiger partial charge in [-0.2, -0.15) is 5.10 Å². The molecule has 9 heteroatoms. The zero-order valence-corrected chi connectivity index (χ0v) is 14.0. The lowest BCUT2D eigenvalue weighted by atomic mass is 10.1. The summed E-state index contributed by atoms with van der Waals surface area (Å²) in [5, 5.41) is 4.19. The number of halogens is 3. The largest absolute Gasteiger partial charge is 0.573 e. The molecule has 1 atom stereocenters. The lowest BCUT2D eigenvalue weighted by Gasteiger charge is -2.25. The van der Waals surface area contributed by atoms with E-state index in [0.29, 0.717) is 18.7 Å². The summed E-state index contributed by atoms with van der Waals surface area (Å²) >= 11 is 0. The first-order valence-corrected chi connectivity index (χ1v) is 8.02. The highest BCUT2D eigenvalue weighted by atomic mass is 19.4. The Hall–Kier alpha value is -2.55. The van der Waals surface area contributed by atoms with Crippen LogP contribution in [0, 0.1) is 0 Å². The van der Waals surface area contributed by atoms with Crippen molar-refractivity contribution >= 4 is 5.97 Å². The van der Waals surface area contributed by atoms with Crippen LogP contribution in [0.4, 0.5) is 13.2 Å². The molecule has 1 saturated heterocycles. The van der Waals surface area contributed by atoms with Crippen molar-refractivity contribution in [2.75, 3.05) is 13.7 Å². The highest BCUT2D eigenvalue weighted by Gasteiger charge is 2.33. The average Bonchev–Trinajstić information content (AvgIpc) is 3.10. The molecular formula is C17H17F3N2O4. The first-order chi connectivity index (χ1) is 12.4. The van der Waals surface area contributed by atoms with Gasteiger partial charge in [0, 0.05) is 18.4 Å². The van der Waals surface area contributed by atoms with Gasteiger partial charge in [-0.15, -0.1) is 13.2 Å². The summed E-state index contributed by atoms with van der Waals surface area (Å²) in [4.78, 5) is 11.8. The Balaban J connectivity index is 2.07. The number of benzene rings is 1. The van der Waals surface area contributed by atoms with Gasteiger partial charge in [0.1, 0.15) is 5.75 Å². The molecule has 1 aromatic heterocycles. The molecule has 1 aliphatic heterocycles. The molecule has 0 aliphatic carbocycles. The second-order valence-electron chi connectivity index (χ2n) is 5.73. The van der Waals surface area contributed by atoms with Crippen LogP contribution in [0.1, 0.15) is 35.8 Å². The summed E-state index contributed by atoms with van der Waals surface area (Å²) in [5.41, 5.74) is 0.549. The summed E-state index contributed by atoms with van der Waals surface area (Å²) in [7, 11) is 1.20. The van der Waals surface area contributed by atoms with Crippen molar-refractivity contribution in [1.29, 1.82) is 0 Å². The van der Waals surface area contributed by atoms with Crippen molar-refractivity contribution in [3.05, 3.63) is 36.0 Å². The van der Waals surface area contributed by atoms with Gasteiger partial charge >= 0.3 is 12.3 Å². The fourth-order valence-electron chi connectivity index (χ4n) is 2.86. The molecule has 2 heterocycles. The Labute approximate surface area is 147 Å². The van der Waals surface area contributed by atoms with Crippen molar-refractivity contribution in [3.63, 3.8) is 0 Å². The number of carbonyl (C=O) groups is 1. The molecule has 1 fully saturated rings. The molecule has 6 nitrogen and oxygen atoms in total. The summed E-state index contributed by atoms with van der Waals surface area (Å²) in [5.74, 6) is -1.09. The van der Waals surface area contributed by atoms with Gasteiger partial charge in [-0.25, -0.2) is 9.48 Å². The highest BCUT2D eigenvalue weighted by Crippen LogP contribution is 2.37. The zero-order valence-electron chi connectivity index (χ0n) is 14.0. The first-order valence-electron chi connectivity index (χ1n) is 8.02. The quantitative estimate of drug-likeness (QED) is 0.763. The van der Waals surface area contributed by atoms with Gasteiger partial charge in [0.05, 0.1) is 18.4 Å². The van der Waals surface area contributed by atoms with Gasteiger partial charge in [0.2, 0.25) is 0 Å². The molecule has 3 rings (SSSR count). The molecule has 1 aliphatic rings. The summed E-state index contributed by atoms with van der Waals surface area (Å²) < 4.78 is 54.3. The number of aromatic nitrogens is 2. The third kappa shape index (κ3) is 3.98. The number of methoxy groups -OCH3 is 1. The van der Waals surface area contributed by atoms with Crippen molar-refractivity contribution in [3.8, 4) is 17.0 Å². The summed E-state index contributed by atoms with van der Waals surface area (Å²) in [6.45, 7) is 0.554. The molecule has 0 bridgehead atoms. The van der Waals surface area contributed by atoms with E-state index in [9.17, 15) is 18.0 Å². The SMILES string of the molecule is COC(=O)c1ccc(OC(F)(F)F)c(-c2ccnn2C2CCCCO2)c1. The highest BCUT2D eigenvalue weighted by molar-refractivity contribution is 5.91. The van der Waals surface area contributed by atoms with Gasteiger partial charge in [-0.05, 0) is 43.5 Å². The number of ether oxygens (including phenoxy) is 3. The third-order valence-corrected chi connectivity index (χ3v) is 4.00. The number of rotatable bonds is 4. The number of nitrogens with zero attached hydrogens (tertiary/aromatic N) is 2. The zero-order chi connectivity index (χ0) is 18.7. The second kappa shape index (κ2) is 7.36. The van der Waals surface area contributed by atoms with E-state index in [4.69, 9.17) is 4.74 Å². The van der Waals surface area contributed by atoms with Crippen molar-refractivity contribution in [1.82, 2.24) is 9.78 Å². The summed E-state index contributed by atoms with van der Waals surface area (Å²) in [6, 6.07) is 5.16. The fourth-order valence-corrected chi connectivity index (χ4v) is 2.86. The molecule has 140 valence electrons.